The first-order valence-corrected chi connectivity index (χ1v) is 8.99. The van der Waals surface area contributed by atoms with Crippen molar-refractivity contribution in [1.82, 2.24) is 15.2 Å². The van der Waals surface area contributed by atoms with E-state index in [1.165, 1.54) is 5.56 Å². The predicted octanol–water partition coefficient (Wildman–Crippen LogP) is 2.55. The highest BCUT2D eigenvalue weighted by molar-refractivity contribution is 5.68. The molecule has 0 bridgehead atoms. The number of ether oxygens (including phenoxy) is 2. The smallest absolute Gasteiger partial charge is 0.410 e. The lowest BCUT2D eigenvalue weighted by Crippen LogP contribution is -2.53. The number of aromatic nitrogens is 1. The molecule has 0 saturated carbocycles. The van der Waals surface area contributed by atoms with Crippen LogP contribution in [-0.4, -0.2) is 60.0 Å². The van der Waals surface area contributed by atoms with Gasteiger partial charge in [-0.3, -0.25) is 4.98 Å². The van der Waals surface area contributed by atoms with Crippen molar-refractivity contribution in [2.75, 3.05) is 26.2 Å². The lowest BCUT2D eigenvalue weighted by atomic mass is 10.1. The molecule has 6 nitrogen and oxygen atoms in total. The van der Waals surface area contributed by atoms with Crippen LogP contribution >= 0.6 is 0 Å². The predicted molar refractivity (Wildman–Crippen MR) is 97.7 cm³/mol. The van der Waals surface area contributed by atoms with E-state index in [0.29, 0.717) is 19.7 Å². The van der Waals surface area contributed by atoms with Gasteiger partial charge < -0.3 is 19.7 Å². The summed E-state index contributed by atoms with van der Waals surface area (Å²) < 4.78 is 11.3. The highest BCUT2D eigenvalue weighted by atomic mass is 16.6. The van der Waals surface area contributed by atoms with Crippen molar-refractivity contribution in [3.05, 3.63) is 29.6 Å². The summed E-state index contributed by atoms with van der Waals surface area (Å²) in [5.41, 5.74) is 1.77. The van der Waals surface area contributed by atoms with Crippen LogP contribution in [0.25, 0.3) is 0 Å². The average molecular weight is 349 g/mol. The zero-order chi connectivity index (χ0) is 18.4. The average Bonchev–Trinajstić information content (AvgIpc) is 2.55. The van der Waals surface area contributed by atoms with Crippen molar-refractivity contribution in [2.24, 2.45) is 0 Å². The number of carbonyl (C=O) groups is 1. The van der Waals surface area contributed by atoms with Gasteiger partial charge in [-0.1, -0.05) is 6.07 Å². The molecular weight excluding hydrogens is 318 g/mol. The minimum atomic E-state index is -0.475. The Bertz CT molecular complexity index is 554. The van der Waals surface area contributed by atoms with Crippen LogP contribution in [0.2, 0.25) is 0 Å². The molecule has 2 heterocycles. The number of amides is 1. The van der Waals surface area contributed by atoms with Gasteiger partial charge in [0.1, 0.15) is 5.60 Å². The summed E-state index contributed by atoms with van der Waals surface area (Å²) in [7, 11) is 0. The Balaban J connectivity index is 1.77. The van der Waals surface area contributed by atoms with Gasteiger partial charge in [-0.15, -0.1) is 0 Å². The molecule has 2 rings (SSSR count). The largest absolute Gasteiger partial charge is 0.444 e. The summed E-state index contributed by atoms with van der Waals surface area (Å²) in [6.45, 7) is 12.2. The van der Waals surface area contributed by atoms with E-state index < -0.39 is 5.60 Å². The number of hydrogen-bond donors (Lipinski definition) is 1. The van der Waals surface area contributed by atoms with Crippen molar-refractivity contribution in [3.63, 3.8) is 0 Å². The first-order valence-electron chi connectivity index (χ1n) is 8.99. The summed E-state index contributed by atoms with van der Waals surface area (Å²) in [5, 5.41) is 3.49. The Hall–Kier alpha value is -1.66. The summed E-state index contributed by atoms with van der Waals surface area (Å²) in [6.07, 6.45) is 2.54. The quantitative estimate of drug-likeness (QED) is 0.885. The fraction of sp³-hybridized carbons (Fsp3) is 0.684. The van der Waals surface area contributed by atoms with E-state index in [4.69, 9.17) is 9.47 Å². The molecule has 1 N–H and O–H groups in total. The van der Waals surface area contributed by atoms with Gasteiger partial charge in [0.25, 0.3) is 0 Å². The molecule has 140 valence electrons. The second-order valence-corrected chi connectivity index (χ2v) is 7.64. The van der Waals surface area contributed by atoms with E-state index in [0.717, 1.165) is 18.7 Å². The fourth-order valence-electron chi connectivity index (χ4n) is 2.69. The van der Waals surface area contributed by atoms with E-state index >= 15 is 0 Å². The molecule has 1 amide bonds. The van der Waals surface area contributed by atoms with Gasteiger partial charge in [-0.05, 0) is 59.2 Å². The Morgan fingerprint density at radius 2 is 2.24 bits per heavy atom. The third-order valence-electron chi connectivity index (χ3n) is 4.16. The Morgan fingerprint density at radius 3 is 2.88 bits per heavy atom. The van der Waals surface area contributed by atoms with Crippen molar-refractivity contribution in [1.29, 1.82) is 0 Å². The topological polar surface area (TPSA) is 63.7 Å². The fourth-order valence-corrected chi connectivity index (χ4v) is 2.69. The van der Waals surface area contributed by atoms with Crippen molar-refractivity contribution in [2.45, 2.75) is 58.8 Å². The van der Waals surface area contributed by atoms with Crippen LogP contribution in [-0.2, 0) is 15.9 Å². The molecule has 6 heteroatoms. The summed E-state index contributed by atoms with van der Waals surface area (Å²) in [4.78, 5) is 18.3. The molecule has 1 saturated heterocycles. The summed E-state index contributed by atoms with van der Waals surface area (Å²) in [5.74, 6) is 0. The summed E-state index contributed by atoms with van der Waals surface area (Å²) >= 11 is 0. The Kier molecular flexibility index (Phi) is 6.79. The van der Waals surface area contributed by atoms with Crippen LogP contribution in [0.4, 0.5) is 4.79 Å². The number of aryl methyl sites for hydroxylation is 1. The van der Waals surface area contributed by atoms with Gasteiger partial charge in [0.15, 0.2) is 0 Å². The minimum absolute atomic E-state index is 0.0302. The molecule has 1 aromatic heterocycles. The van der Waals surface area contributed by atoms with Crippen LogP contribution in [0, 0.1) is 6.92 Å². The molecule has 0 unspecified atom stereocenters. The van der Waals surface area contributed by atoms with E-state index in [9.17, 15) is 4.79 Å². The lowest BCUT2D eigenvalue weighted by Gasteiger charge is -2.36. The zero-order valence-corrected chi connectivity index (χ0v) is 16.0. The molecule has 0 aliphatic carbocycles. The van der Waals surface area contributed by atoms with Gasteiger partial charge in [-0.25, -0.2) is 4.79 Å². The second-order valence-electron chi connectivity index (χ2n) is 7.64. The normalized spacial score (nSPS) is 19.6. The number of morpholine rings is 1. The Labute approximate surface area is 150 Å². The number of pyridine rings is 1. The molecule has 0 aromatic carbocycles. The first kappa shape index (κ1) is 19.7. The maximum Gasteiger partial charge on any atom is 0.410 e. The highest BCUT2D eigenvalue weighted by Crippen LogP contribution is 2.14. The lowest BCUT2D eigenvalue weighted by molar-refractivity contribution is -0.0524. The van der Waals surface area contributed by atoms with Crippen molar-refractivity contribution < 1.29 is 14.3 Å². The standard InChI is InChI=1S/C19H31N3O3/c1-14-6-7-16(12-21-14)8-9-20-15(2)17-13-22(10-11-24-17)18(23)25-19(3,4)5/h6-7,12,15,17,20H,8-11,13H2,1-5H3/t15-,17-/m1/s1. The maximum atomic E-state index is 12.2. The van der Waals surface area contributed by atoms with Crippen molar-refractivity contribution >= 4 is 6.09 Å². The minimum Gasteiger partial charge on any atom is -0.444 e. The van der Waals surface area contributed by atoms with Gasteiger partial charge in [0.2, 0.25) is 0 Å². The Morgan fingerprint density at radius 1 is 1.48 bits per heavy atom. The molecule has 1 aliphatic rings. The van der Waals surface area contributed by atoms with Crippen LogP contribution < -0.4 is 5.32 Å². The van der Waals surface area contributed by atoms with E-state index in [2.05, 4.69) is 23.3 Å². The SMILES string of the molecule is Cc1ccc(CCN[C@H](C)[C@H]2CN(C(=O)OC(C)(C)C)CCO2)cn1. The van der Waals surface area contributed by atoms with Crippen molar-refractivity contribution in [3.8, 4) is 0 Å². The number of carbonyl (C=O) groups excluding carboxylic acids is 1. The van der Waals surface area contributed by atoms with E-state index in [-0.39, 0.29) is 18.2 Å². The van der Waals surface area contributed by atoms with Crippen LogP contribution in [0.1, 0.15) is 39.0 Å². The van der Waals surface area contributed by atoms with E-state index in [1.54, 1.807) is 4.90 Å². The number of rotatable bonds is 5. The second kappa shape index (κ2) is 8.63. The number of nitrogens with zero attached hydrogens (tertiary/aromatic N) is 2. The first-order chi connectivity index (χ1) is 11.7. The van der Waals surface area contributed by atoms with E-state index in [1.807, 2.05) is 40.0 Å². The van der Waals surface area contributed by atoms with Gasteiger partial charge >= 0.3 is 6.09 Å². The van der Waals surface area contributed by atoms with Gasteiger partial charge in [0.05, 0.1) is 19.3 Å². The zero-order valence-electron chi connectivity index (χ0n) is 16.0. The maximum absolute atomic E-state index is 12.2. The molecule has 1 aliphatic heterocycles. The molecule has 0 radical (unpaired) electrons. The van der Waals surface area contributed by atoms with Crippen LogP contribution in [0.5, 0.6) is 0 Å². The molecular formula is C19H31N3O3. The molecule has 1 fully saturated rings. The molecule has 2 atom stereocenters. The van der Waals surface area contributed by atoms with Crippen LogP contribution in [0.15, 0.2) is 18.3 Å². The molecule has 0 spiro atoms. The summed E-state index contributed by atoms with van der Waals surface area (Å²) in [6, 6.07) is 4.29. The van der Waals surface area contributed by atoms with Crippen LogP contribution in [0.3, 0.4) is 0 Å². The third-order valence-corrected chi connectivity index (χ3v) is 4.16. The van der Waals surface area contributed by atoms with Gasteiger partial charge in [0, 0.05) is 24.5 Å². The monoisotopic (exact) mass is 349 g/mol. The number of nitrogens with one attached hydrogen (secondary N) is 1. The third kappa shape index (κ3) is 6.63. The molecule has 1 aromatic rings. The number of hydrogen-bond acceptors (Lipinski definition) is 5. The molecule has 25 heavy (non-hydrogen) atoms. The van der Waals surface area contributed by atoms with Gasteiger partial charge in [-0.2, -0.15) is 0 Å². The highest BCUT2D eigenvalue weighted by Gasteiger charge is 2.30.